The number of amides is 2. The molecule has 0 fully saturated rings. The van der Waals surface area contributed by atoms with Crippen molar-refractivity contribution in [2.75, 3.05) is 6.61 Å². The maximum absolute atomic E-state index is 10.0. The van der Waals surface area contributed by atoms with Gasteiger partial charge in [-0.2, -0.15) is 0 Å². The standard InChI is InChI=1S/C2H6N4O2.C2H6O/c3-5-1(7)2(8)6-4;1-2-3/h3-4H2,(H,5,7)(H,6,8);3H,2H2,1H3. The van der Waals surface area contributed by atoms with Crippen LogP contribution < -0.4 is 22.5 Å². The summed E-state index contributed by atoms with van der Waals surface area (Å²) >= 11 is 0. The number of nitrogens with one attached hydrogen (secondary N) is 2. The Labute approximate surface area is 63.7 Å². The van der Waals surface area contributed by atoms with Crippen LogP contribution in [0.2, 0.25) is 0 Å². The van der Waals surface area contributed by atoms with Crippen LogP contribution in [-0.4, -0.2) is 23.5 Å². The molecule has 0 saturated carbocycles. The highest BCUT2D eigenvalue weighted by Crippen LogP contribution is 1.55. The fraction of sp³-hybridized carbons (Fsp3) is 0.500. The Hall–Kier alpha value is -1.18. The number of aliphatic hydroxyl groups is 1. The molecule has 7 heteroatoms. The van der Waals surface area contributed by atoms with E-state index < -0.39 is 11.8 Å². The lowest BCUT2D eigenvalue weighted by Gasteiger charge is -1.93. The zero-order chi connectivity index (χ0) is 9.28. The van der Waals surface area contributed by atoms with Crippen molar-refractivity contribution in [3.63, 3.8) is 0 Å². The van der Waals surface area contributed by atoms with E-state index in [1.807, 2.05) is 0 Å². The monoisotopic (exact) mass is 164 g/mol. The van der Waals surface area contributed by atoms with E-state index in [1.54, 1.807) is 17.8 Å². The predicted octanol–water partition coefficient (Wildman–Crippen LogP) is -3.04. The lowest BCUT2D eigenvalue weighted by atomic mass is 10.6. The first kappa shape index (κ1) is 12.5. The SMILES string of the molecule is CCO.NNC(=O)C(=O)NN. The van der Waals surface area contributed by atoms with Crippen LogP contribution in [0.1, 0.15) is 6.92 Å². The van der Waals surface area contributed by atoms with Gasteiger partial charge in [0.05, 0.1) is 0 Å². The first-order chi connectivity index (χ1) is 5.13. The highest BCUT2D eigenvalue weighted by atomic mass is 16.2. The lowest BCUT2D eigenvalue weighted by molar-refractivity contribution is -0.139. The van der Waals surface area contributed by atoms with Crippen LogP contribution in [0.25, 0.3) is 0 Å². The molecular formula is C4H12N4O3. The van der Waals surface area contributed by atoms with Crippen LogP contribution >= 0.6 is 0 Å². The minimum atomic E-state index is -0.965. The maximum Gasteiger partial charge on any atom is 0.324 e. The van der Waals surface area contributed by atoms with Gasteiger partial charge in [-0.05, 0) is 6.92 Å². The van der Waals surface area contributed by atoms with Crippen molar-refractivity contribution in [3.05, 3.63) is 0 Å². The Kier molecular flexibility index (Phi) is 10.0. The fourth-order valence-electron chi connectivity index (χ4n) is 0.131. The number of nitrogens with two attached hydrogens (primary N) is 2. The summed E-state index contributed by atoms with van der Waals surface area (Å²) in [7, 11) is 0. The molecule has 0 radical (unpaired) electrons. The van der Waals surface area contributed by atoms with E-state index in [-0.39, 0.29) is 6.61 Å². The molecule has 0 aliphatic rings. The average Bonchev–Trinajstić information content (AvgIpc) is 2.03. The molecule has 0 atom stereocenters. The van der Waals surface area contributed by atoms with Gasteiger partial charge in [0.2, 0.25) is 0 Å². The Morgan fingerprint density at radius 3 is 1.55 bits per heavy atom. The van der Waals surface area contributed by atoms with E-state index in [0.29, 0.717) is 0 Å². The second-order valence-corrected chi connectivity index (χ2v) is 1.26. The summed E-state index contributed by atoms with van der Waals surface area (Å²) in [4.78, 5) is 20.0. The van der Waals surface area contributed by atoms with Crippen molar-refractivity contribution in [3.8, 4) is 0 Å². The van der Waals surface area contributed by atoms with Crippen LogP contribution in [0, 0.1) is 0 Å². The molecule has 0 rings (SSSR count). The molecule has 0 heterocycles. The molecule has 0 aromatic rings. The quantitative estimate of drug-likeness (QED) is 0.112. The number of rotatable bonds is 0. The van der Waals surface area contributed by atoms with Crippen molar-refractivity contribution in [1.29, 1.82) is 0 Å². The third-order valence-corrected chi connectivity index (χ3v) is 0.468. The topological polar surface area (TPSA) is 130 Å². The Bertz CT molecular complexity index is 113. The van der Waals surface area contributed by atoms with Crippen molar-refractivity contribution in [2.45, 2.75) is 6.92 Å². The third kappa shape index (κ3) is 8.82. The highest BCUT2D eigenvalue weighted by molar-refractivity contribution is 6.34. The summed E-state index contributed by atoms with van der Waals surface area (Å²) in [6.07, 6.45) is 0. The molecular weight excluding hydrogens is 152 g/mol. The summed E-state index contributed by atoms with van der Waals surface area (Å²) in [5, 5.41) is 7.57. The van der Waals surface area contributed by atoms with E-state index in [9.17, 15) is 9.59 Å². The zero-order valence-corrected chi connectivity index (χ0v) is 6.13. The molecule has 66 valence electrons. The average molecular weight is 164 g/mol. The summed E-state index contributed by atoms with van der Waals surface area (Å²) in [6, 6.07) is 0. The van der Waals surface area contributed by atoms with E-state index in [2.05, 4.69) is 11.7 Å². The van der Waals surface area contributed by atoms with Gasteiger partial charge >= 0.3 is 11.8 Å². The normalized spacial score (nSPS) is 7.27. The Balaban J connectivity index is 0. The predicted molar refractivity (Wildman–Crippen MR) is 37.4 cm³/mol. The fourth-order valence-corrected chi connectivity index (χ4v) is 0.131. The van der Waals surface area contributed by atoms with Gasteiger partial charge < -0.3 is 5.11 Å². The van der Waals surface area contributed by atoms with Gasteiger partial charge in [0, 0.05) is 6.61 Å². The van der Waals surface area contributed by atoms with Gasteiger partial charge in [-0.15, -0.1) is 0 Å². The largest absolute Gasteiger partial charge is 0.397 e. The molecule has 7 N–H and O–H groups in total. The lowest BCUT2D eigenvalue weighted by Crippen LogP contribution is -2.45. The second kappa shape index (κ2) is 8.82. The molecule has 0 aromatic heterocycles. The molecule has 2 amide bonds. The third-order valence-electron chi connectivity index (χ3n) is 0.468. The first-order valence-electron chi connectivity index (χ1n) is 2.76. The summed E-state index contributed by atoms with van der Waals surface area (Å²) in [5.74, 6) is 7.13. The van der Waals surface area contributed by atoms with Crippen molar-refractivity contribution >= 4 is 11.8 Å². The molecule has 0 unspecified atom stereocenters. The van der Waals surface area contributed by atoms with E-state index in [1.165, 1.54) is 0 Å². The number of hydrogen-bond acceptors (Lipinski definition) is 5. The van der Waals surface area contributed by atoms with Crippen LogP contribution in [0.5, 0.6) is 0 Å². The molecule has 0 bridgehead atoms. The van der Waals surface area contributed by atoms with Crippen LogP contribution in [0.15, 0.2) is 0 Å². The van der Waals surface area contributed by atoms with Crippen LogP contribution in [0.3, 0.4) is 0 Å². The summed E-state index contributed by atoms with van der Waals surface area (Å²) in [6.45, 7) is 1.93. The number of hydrazine groups is 2. The minimum absolute atomic E-state index is 0.250. The number of carbonyl (C=O) groups excluding carboxylic acids is 2. The molecule has 0 aromatic carbocycles. The van der Waals surface area contributed by atoms with Gasteiger partial charge in [-0.25, -0.2) is 11.7 Å². The second-order valence-electron chi connectivity index (χ2n) is 1.26. The molecule has 0 spiro atoms. The summed E-state index contributed by atoms with van der Waals surface area (Å²) < 4.78 is 0. The van der Waals surface area contributed by atoms with Gasteiger partial charge in [0.15, 0.2) is 0 Å². The number of hydrogen-bond donors (Lipinski definition) is 5. The molecule has 0 aliphatic heterocycles. The van der Waals surface area contributed by atoms with E-state index >= 15 is 0 Å². The van der Waals surface area contributed by atoms with Gasteiger partial charge in [0.25, 0.3) is 0 Å². The van der Waals surface area contributed by atoms with E-state index in [0.717, 1.165) is 0 Å². The van der Waals surface area contributed by atoms with E-state index in [4.69, 9.17) is 5.11 Å². The van der Waals surface area contributed by atoms with Gasteiger partial charge in [-0.1, -0.05) is 0 Å². The maximum atomic E-state index is 10.0. The first-order valence-corrected chi connectivity index (χ1v) is 2.76. The zero-order valence-electron chi connectivity index (χ0n) is 6.13. The van der Waals surface area contributed by atoms with Crippen molar-refractivity contribution in [1.82, 2.24) is 10.9 Å². The Morgan fingerprint density at radius 1 is 1.27 bits per heavy atom. The number of carbonyl (C=O) groups is 2. The molecule has 0 aliphatic carbocycles. The van der Waals surface area contributed by atoms with Crippen molar-refractivity contribution < 1.29 is 14.7 Å². The van der Waals surface area contributed by atoms with Crippen molar-refractivity contribution in [2.24, 2.45) is 11.7 Å². The molecule has 11 heavy (non-hydrogen) atoms. The molecule has 0 saturated heterocycles. The highest BCUT2D eigenvalue weighted by Gasteiger charge is 2.06. The smallest absolute Gasteiger partial charge is 0.324 e. The van der Waals surface area contributed by atoms with Gasteiger partial charge in [0.1, 0.15) is 0 Å². The number of aliphatic hydroxyl groups excluding tert-OH is 1. The van der Waals surface area contributed by atoms with Gasteiger partial charge in [-0.3, -0.25) is 20.4 Å². The summed E-state index contributed by atoms with van der Waals surface area (Å²) in [5.41, 5.74) is 3.17. The Morgan fingerprint density at radius 2 is 1.45 bits per heavy atom. The minimum Gasteiger partial charge on any atom is -0.397 e. The molecule has 7 nitrogen and oxygen atoms in total. The van der Waals surface area contributed by atoms with Crippen LogP contribution in [0.4, 0.5) is 0 Å². The van der Waals surface area contributed by atoms with Crippen LogP contribution in [-0.2, 0) is 9.59 Å².